The summed E-state index contributed by atoms with van der Waals surface area (Å²) in [4.78, 5) is 0.247. The van der Waals surface area contributed by atoms with E-state index in [1.807, 2.05) is 13.8 Å². The van der Waals surface area contributed by atoms with Crippen molar-refractivity contribution in [2.75, 3.05) is 18.9 Å². The number of hydrogen-bond acceptors (Lipinski definition) is 4. The van der Waals surface area contributed by atoms with Crippen molar-refractivity contribution in [3.63, 3.8) is 0 Å². The minimum absolute atomic E-state index is 0. The fourth-order valence-electron chi connectivity index (χ4n) is 1.62. The molecule has 21 heavy (non-hydrogen) atoms. The van der Waals surface area contributed by atoms with E-state index < -0.39 is 15.7 Å². The average Bonchev–Trinajstić information content (AvgIpc) is 2.36. The molecule has 0 heterocycles. The van der Waals surface area contributed by atoms with Crippen LogP contribution in [0.25, 0.3) is 0 Å². The largest absolute Gasteiger partial charge is 0.487 e. The van der Waals surface area contributed by atoms with Crippen LogP contribution in [0.2, 0.25) is 0 Å². The number of ether oxygens (including phenoxy) is 1. The Balaban J connectivity index is 0.00000400. The first-order valence-corrected chi connectivity index (χ1v) is 8.00. The molecule has 1 aromatic rings. The molecule has 0 fully saturated rings. The Morgan fingerprint density at radius 2 is 1.90 bits per heavy atom. The predicted molar refractivity (Wildman–Crippen MR) is 84.3 cm³/mol. The van der Waals surface area contributed by atoms with Gasteiger partial charge in [0, 0.05) is 6.54 Å². The van der Waals surface area contributed by atoms with Crippen LogP contribution in [0.4, 0.5) is 4.39 Å². The normalized spacial score (nSPS) is 12.1. The summed E-state index contributed by atoms with van der Waals surface area (Å²) in [5, 5.41) is 0. The number of halogens is 2. The first kappa shape index (κ1) is 19.9. The minimum Gasteiger partial charge on any atom is -0.487 e. The fraction of sp³-hybridized carbons (Fsp3) is 0.429. The second-order valence-electron chi connectivity index (χ2n) is 4.82. The monoisotopic (exact) mass is 337 g/mol. The summed E-state index contributed by atoms with van der Waals surface area (Å²) < 4.78 is 42.2. The molecule has 0 amide bonds. The lowest BCUT2D eigenvalue weighted by molar-refractivity contribution is 0.318. The molecule has 0 spiro atoms. The van der Waals surface area contributed by atoms with Gasteiger partial charge in [0.2, 0.25) is 0 Å². The molecule has 0 aromatic heterocycles. The van der Waals surface area contributed by atoms with E-state index in [0.717, 1.165) is 0 Å². The van der Waals surface area contributed by atoms with E-state index in [1.165, 1.54) is 30.3 Å². The van der Waals surface area contributed by atoms with Crippen molar-refractivity contribution in [1.82, 2.24) is 0 Å². The van der Waals surface area contributed by atoms with Crippen molar-refractivity contribution in [2.45, 2.75) is 18.7 Å². The van der Waals surface area contributed by atoms with Gasteiger partial charge in [-0.3, -0.25) is 0 Å². The molecule has 0 bridgehead atoms. The molecule has 0 saturated carbocycles. The van der Waals surface area contributed by atoms with E-state index in [2.05, 4.69) is 0 Å². The summed E-state index contributed by atoms with van der Waals surface area (Å²) in [5.74, 6) is 0.116. The van der Waals surface area contributed by atoms with Crippen LogP contribution in [0, 0.1) is 5.92 Å². The lowest BCUT2D eigenvalue weighted by Gasteiger charge is -2.08. The lowest BCUT2D eigenvalue weighted by atomic mass is 10.3. The van der Waals surface area contributed by atoms with Crippen LogP contribution in [-0.4, -0.2) is 27.3 Å². The third kappa shape index (κ3) is 6.93. The Morgan fingerprint density at radius 1 is 1.33 bits per heavy atom. The summed E-state index contributed by atoms with van der Waals surface area (Å²) in [6.45, 7) is 3.60. The minimum atomic E-state index is -3.27. The van der Waals surface area contributed by atoms with Crippen molar-refractivity contribution >= 4 is 22.2 Å². The molecule has 1 rings (SSSR count). The highest BCUT2D eigenvalue weighted by Crippen LogP contribution is 2.19. The van der Waals surface area contributed by atoms with Gasteiger partial charge in [-0.15, -0.1) is 12.4 Å². The Bertz CT molecular complexity index is 556. The van der Waals surface area contributed by atoms with Crippen LogP contribution in [0.5, 0.6) is 5.75 Å². The molecule has 0 atom stereocenters. The van der Waals surface area contributed by atoms with Gasteiger partial charge in [0.15, 0.2) is 9.84 Å². The standard InChI is InChI=1S/C14H20FNO3S.ClH/c1-11(2)10-20(17,18)14-5-3-13(4-6-14)19-9-12(15)7-8-16;/h3-7,11H,8-10,16H2,1-2H3;1H/b12-7-;. The molecule has 0 radical (unpaired) electrons. The van der Waals surface area contributed by atoms with Crippen molar-refractivity contribution in [2.24, 2.45) is 11.7 Å². The van der Waals surface area contributed by atoms with Crippen molar-refractivity contribution < 1.29 is 17.5 Å². The van der Waals surface area contributed by atoms with Crippen LogP contribution in [0.3, 0.4) is 0 Å². The van der Waals surface area contributed by atoms with E-state index >= 15 is 0 Å². The molecule has 0 aliphatic heterocycles. The van der Waals surface area contributed by atoms with Crippen LogP contribution >= 0.6 is 12.4 Å². The number of benzene rings is 1. The maximum absolute atomic E-state index is 13.1. The quantitative estimate of drug-likeness (QED) is 0.830. The summed E-state index contributed by atoms with van der Waals surface area (Å²) in [5.41, 5.74) is 5.17. The van der Waals surface area contributed by atoms with Crippen molar-refractivity contribution in [3.05, 3.63) is 36.2 Å². The van der Waals surface area contributed by atoms with Crippen LogP contribution in [0.15, 0.2) is 41.1 Å². The Morgan fingerprint density at radius 3 is 2.38 bits per heavy atom. The zero-order valence-corrected chi connectivity index (χ0v) is 13.7. The number of hydrogen-bond donors (Lipinski definition) is 1. The predicted octanol–water partition coefficient (Wildman–Crippen LogP) is 2.73. The summed E-state index contributed by atoms with van der Waals surface area (Å²) in [7, 11) is -3.27. The number of rotatable bonds is 7. The lowest BCUT2D eigenvalue weighted by Crippen LogP contribution is -2.11. The molecule has 120 valence electrons. The van der Waals surface area contributed by atoms with Crippen molar-refractivity contribution in [1.29, 1.82) is 0 Å². The Labute approximate surface area is 131 Å². The van der Waals surface area contributed by atoms with Crippen LogP contribution in [0.1, 0.15) is 13.8 Å². The molecule has 0 aliphatic rings. The van der Waals surface area contributed by atoms with Gasteiger partial charge < -0.3 is 10.5 Å². The van der Waals surface area contributed by atoms with E-state index in [9.17, 15) is 12.8 Å². The third-order valence-electron chi connectivity index (χ3n) is 2.45. The number of sulfone groups is 1. The van der Waals surface area contributed by atoms with Crippen molar-refractivity contribution in [3.8, 4) is 5.75 Å². The van der Waals surface area contributed by atoms with Gasteiger partial charge in [0.05, 0.1) is 10.6 Å². The highest BCUT2D eigenvalue weighted by molar-refractivity contribution is 7.91. The van der Waals surface area contributed by atoms with Gasteiger partial charge in [-0.05, 0) is 36.3 Å². The first-order valence-electron chi connectivity index (χ1n) is 6.35. The zero-order chi connectivity index (χ0) is 15.2. The molecule has 1 aromatic carbocycles. The van der Waals surface area contributed by atoms with E-state index in [1.54, 1.807) is 0 Å². The fourth-order valence-corrected chi connectivity index (χ4v) is 3.24. The zero-order valence-electron chi connectivity index (χ0n) is 12.1. The molecular weight excluding hydrogens is 317 g/mol. The molecule has 0 saturated heterocycles. The van der Waals surface area contributed by atoms with Gasteiger partial charge >= 0.3 is 0 Å². The SMILES string of the molecule is CC(C)CS(=O)(=O)c1ccc(OC/C(F)=C/CN)cc1.Cl. The molecule has 0 unspecified atom stereocenters. The van der Waals surface area contributed by atoms with Crippen LogP contribution < -0.4 is 10.5 Å². The topological polar surface area (TPSA) is 69.4 Å². The van der Waals surface area contributed by atoms with Gasteiger partial charge in [-0.25, -0.2) is 12.8 Å². The maximum atomic E-state index is 13.1. The average molecular weight is 338 g/mol. The molecule has 0 aliphatic carbocycles. The van der Waals surface area contributed by atoms with Gasteiger partial charge in [-0.2, -0.15) is 0 Å². The smallest absolute Gasteiger partial charge is 0.178 e. The second-order valence-corrected chi connectivity index (χ2v) is 6.86. The molecule has 4 nitrogen and oxygen atoms in total. The Kier molecular flexibility index (Phi) is 8.54. The Hall–Kier alpha value is -1.11. The summed E-state index contributed by atoms with van der Waals surface area (Å²) in [6, 6.07) is 5.97. The number of nitrogens with two attached hydrogens (primary N) is 1. The van der Waals surface area contributed by atoms with Gasteiger partial charge in [0.25, 0.3) is 0 Å². The molecule has 2 N–H and O–H groups in total. The van der Waals surface area contributed by atoms with E-state index in [-0.39, 0.29) is 42.1 Å². The highest BCUT2D eigenvalue weighted by Gasteiger charge is 2.16. The van der Waals surface area contributed by atoms with Gasteiger partial charge in [-0.1, -0.05) is 13.8 Å². The highest BCUT2D eigenvalue weighted by atomic mass is 35.5. The van der Waals surface area contributed by atoms with Gasteiger partial charge in [0.1, 0.15) is 18.2 Å². The summed E-state index contributed by atoms with van der Waals surface area (Å²) >= 11 is 0. The molecule has 7 heteroatoms. The first-order chi connectivity index (χ1) is 9.35. The van der Waals surface area contributed by atoms with E-state index in [4.69, 9.17) is 10.5 Å². The second kappa shape index (κ2) is 9.02. The third-order valence-corrected chi connectivity index (χ3v) is 4.55. The maximum Gasteiger partial charge on any atom is 0.178 e. The van der Waals surface area contributed by atoms with Crippen LogP contribution in [-0.2, 0) is 9.84 Å². The molecular formula is C14H21ClFNO3S. The van der Waals surface area contributed by atoms with E-state index in [0.29, 0.717) is 5.75 Å². The summed E-state index contributed by atoms with van der Waals surface area (Å²) in [6.07, 6.45) is 1.22.